The number of alkyl halides is 3. The molecule has 2 N–H and O–H groups in total. The molecule has 0 heterocycles. The van der Waals surface area contributed by atoms with Crippen molar-refractivity contribution in [2.75, 3.05) is 0 Å². The van der Waals surface area contributed by atoms with Crippen LogP contribution in [0.1, 0.15) is 43.9 Å². The quantitative estimate of drug-likeness (QED) is 0.738. The first-order valence-electron chi connectivity index (χ1n) is 5.94. The first-order valence-corrected chi connectivity index (χ1v) is 6.32. The lowest BCUT2D eigenvalue weighted by Gasteiger charge is -2.17. The predicted molar refractivity (Wildman–Crippen MR) is 74.7 cm³/mol. The fourth-order valence-electron chi connectivity index (χ4n) is 1.71. The predicted octanol–water partition coefficient (Wildman–Crippen LogP) is 5.36. The molecule has 116 valence electrons. The molecule has 1 aromatic carbocycles. The number of halogens is 6. The van der Waals surface area contributed by atoms with Gasteiger partial charge in [-0.3, -0.25) is 0 Å². The van der Waals surface area contributed by atoms with E-state index in [2.05, 4.69) is 0 Å². The number of hydrogen-bond acceptors (Lipinski definition) is 1. The lowest BCUT2D eigenvalue weighted by atomic mass is 9.96. The highest BCUT2D eigenvalue weighted by Crippen LogP contribution is 2.35. The van der Waals surface area contributed by atoms with Crippen molar-refractivity contribution < 1.29 is 17.6 Å². The molecular formula is C13H17Cl2F4N. The lowest BCUT2D eigenvalue weighted by Crippen LogP contribution is -2.15. The van der Waals surface area contributed by atoms with Gasteiger partial charge < -0.3 is 5.73 Å². The largest absolute Gasteiger partial charge is 0.416 e. The topological polar surface area (TPSA) is 26.0 Å². The summed E-state index contributed by atoms with van der Waals surface area (Å²) >= 11 is 5.50. The second kappa shape index (κ2) is 7.48. The van der Waals surface area contributed by atoms with E-state index in [1.54, 1.807) is 0 Å². The van der Waals surface area contributed by atoms with E-state index in [0.29, 0.717) is 24.8 Å². The molecular weight excluding hydrogens is 317 g/mol. The summed E-state index contributed by atoms with van der Waals surface area (Å²) in [5, 5.41) is -0.551. The Balaban J connectivity index is 0.00000361. The van der Waals surface area contributed by atoms with E-state index < -0.39 is 28.6 Å². The highest BCUT2D eigenvalue weighted by molar-refractivity contribution is 6.30. The second-order valence-corrected chi connectivity index (χ2v) is 5.34. The molecule has 0 bridgehead atoms. The molecule has 7 heteroatoms. The molecule has 0 aliphatic rings. The van der Waals surface area contributed by atoms with Crippen LogP contribution in [0.5, 0.6) is 0 Å². The molecule has 0 spiro atoms. The van der Waals surface area contributed by atoms with E-state index in [0.717, 1.165) is 6.07 Å². The third kappa shape index (κ3) is 5.11. The van der Waals surface area contributed by atoms with Gasteiger partial charge in [-0.15, -0.1) is 12.4 Å². The Morgan fingerprint density at radius 1 is 1.20 bits per heavy atom. The lowest BCUT2D eigenvalue weighted by molar-refractivity contribution is -0.137. The van der Waals surface area contributed by atoms with Gasteiger partial charge in [-0.1, -0.05) is 25.4 Å². The summed E-state index contributed by atoms with van der Waals surface area (Å²) in [6.45, 7) is 3.92. The number of rotatable bonds is 4. The Hall–Kier alpha value is -0.520. The van der Waals surface area contributed by atoms with Gasteiger partial charge >= 0.3 is 6.18 Å². The fraction of sp³-hybridized carbons (Fsp3) is 0.538. The molecule has 0 amide bonds. The summed E-state index contributed by atoms with van der Waals surface area (Å²) < 4.78 is 51.7. The van der Waals surface area contributed by atoms with Gasteiger partial charge in [-0.25, -0.2) is 4.39 Å². The second-order valence-electron chi connectivity index (χ2n) is 4.94. The molecule has 0 radical (unpaired) electrons. The van der Waals surface area contributed by atoms with Crippen LogP contribution in [0, 0.1) is 11.7 Å². The third-order valence-corrected chi connectivity index (χ3v) is 3.11. The van der Waals surface area contributed by atoms with Crippen LogP contribution in [0.15, 0.2) is 12.1 Å². The fourth-order valence-corrected chi connectivity index (χ4v) is 1.94. The Morgan fingerprint density at radius 3 is 2.20 bits per heavy atom. The molecule has 20 heavy (non-hydrogen) atoms. The van der Waals surface area contributed by atoms with E-state index >= 15 is 0 Å². The summed E-state index contributed by atoms with van der Waals surface area (Å²) in [5.74, 6) is -0.527. The van der Waals surface area contributed by atoms with Crippen molar-refractivity contribution in [3.8, 4) is 0 Å². The molecule has 0 saturated carbocycles. The Labute approximate surface area is 126 Å². The molecule has 0 aliphatic carbocycles. The van der Waals surface area contributed by atoms with Gasteiger partial charge in [0.15, 0.2) is 0 Å². The zero-order valence-electron chi connectivity index (χ0n) is 11.1. The van der Waals surface area contributed by atoms with Crippen LogP contribution in [0.2, 0.25) is 5.02 Å². The zero-order chi connectivity index (χ0) is 14.8. The Kier molecular flexibility index (Phi) is 7.28. The smallest absolute Gasteiger partial charge is 0.324 e. The zero-order valence-corrected chi connectivity index (χ0v) is 12.7. The van der Waals surface area contributed by atoms with Crippen molar-refractivity contribution in [3.63, 3.8) is 0 Å². The van der Waals surface area contributed by atoms with Crippen LogP contribution < -0.4 is 5.73 Å². The maximum atomic E-state index is 13.8. The van der Waals surface area contributed by atoms with Crippen LogP contribution in [-0.2, 0) is 6.18 Å². The van der Waals surface area contributed by atoms with Gasteiger partial charge in [0.05, 0.1) is 10.6 Å². The first kappa shape index (κ1) is 19.5. The summed E-state index contributed by atoms with van der Waals surface area (Å²) in [7, 11) is 0. The molecule has 1 nitrogen and oxygen atoms in total. The van der Waals surface area contributed by atoms with E-state index in [1.807, 2.05) is 13.8 Å². The van der Waals surface area contributed by atoms with Crippen LogP contribution in [-0.4, -0.2) is 0 Å². The van der Waals surface area contributed by atoms with Crippen LogP contribution >= 0.6 is 24.0 Å². The van der Waals surface area contributed by atoms with Crippen molar-refractivity contribution in [2.24, 2.45) is 11.7 Å². The third-order valence-electron chi connectivity index (χ3n) is 2.84. The highest BCUT2D eigenvalue weighted by Gasteiger charge is 2.32. The molecule has 1 aromatic rings. The van der Waals surface area contributed by atoms with Gasteiger partial charge in [-0.05, 0) is 30.9 Å². The monoisotopic (exact) mass is 333 g/mol. The molecule has 0 fully saturated rings. The van der Waals surface area contributed by atoms with E-state index in [4.69, 9.17) is 17.3 Å². The average molecular weight is 334 g/mol. The number of hydrogen-bond donors (Lipinski definition) is 1. The summed E-state index contributed by atoms with van der Waals surface area (Å²) in [6.07, 6.45) is -3.45. The molecule has 0 aliphatic heterocycles. The van der Waals surface area contributed by atoms with Gasteiger partial charge in [0.1, 0.15) is 5.82 Å². The summed E-state index contributed by atoms with van der Waals surface area (Å²) in [4.78, 5) is 0. The minimum Gasteiger partial charge on any atom is -0.324 e. The SMILES string of the molecule is CC(C)CC[C@H](N)c1cc(C(F)(F)F)cc(Cl)c1F.Cl. The van der Waals surface area contributed by atoms with Crippen molar-refractivity contribution >= 4 is 24.0 Å². The van der Waals surface area contributed by atoms with E-state index in [-0.39, 0.29) is 18.0 Å². The standard InChI is InChI=1S/C13H16ClF4N.ClH/c1-7(2)3-4-11(19)9-5-8(13(16,17)18)6-10(14)12(9)15;/h5-7,11H,3-4,19H2,1-2H3;1H/t11-;/m0./s1. The average Bonchev–Trinajstić information content (AvgIpc) is 2.27. The van der Waals surface area contributed by atoms with Crippen molar-refractivity contribution in [1.29, 1.82) is 0 Å². The normalized spacial score (nSPS) is 13.2. The van der Waals surface area contributed by atoms with Gasteiger partial charge in [0, 0.05) is 11.6 Å². The Morgan fingerprint density at radius 2 is 1.75 bits per heavy atom. The summed E-state index contributed by atoms with van der Waals surface area (Å²) in [5.41, 5.74) is 4.60. The minimum atomic E-state index is -4.57. The maximum absolute atomic E-state index is 13.8. The Bertz CT molecular complexity index is 447. The highest BCUT2D eigenvalue weighted by atomic mass is 35.5. The van der Waals surface area contributed by atoms with Crippen molar-refractivity contribution in [1.82, 2.24) is 0 Å². The van der Waals surface area contributed by atoms with Gasteiger partial charge in [0.2, 0.25) is 0 Å². The van der Waals surface area contributed by atoms with E-state index in [9.17, 15) is 17.6 Å². The van der Waals surface area contributed by atoms with Crippen molar-refractivity contribution in [3.05, 3.63) is 34.1 Å². The van der Waals surface area contributed by atoms with Crippen molar-refractivity contribution in [2.45, 2.75) is 38.9 Å². The van der Waals surface area contributed by atoms with Gasteiger partial charge in [-0.2, -0.15) is 13.2 Å². The van der Waals surface area contributed by atoms with Crippen LogP contribution in [0.4, 0.5) is 17.6 Å². The molecule has 1 rings (SSSR count). The van der Waals surface area contributed by atoms with E-state index in [1.165, 1.54) is 0 Å². The van der Waals surface area contributed by atoms with Gasteiger partial charge in [0.25, 0.3) is 0 Å². The first-order chi connectivity index (χ1) is 8.62. The van der Waals surface area contributed by atoms with Crippen LogP contribution in [0.3, 0.4) is 0 Å². The summed E-state index contributed by atoms with van der Waals surface area (Å²) in [6, 6.07) is 0.532. The minimum absolute atomic E-state index is 0. The molecule has 1 atom stereocenters. The maximum Gasteiger partial charge on any atom is 0.416 e. The molecule has 0 saturated heterocycles. The molecule has 0 aromatic heterocycles. The molecule has 0 unspecified atom stereocenters. The van der Waals surface area contributed by atoms with Crippen LogP contribution in [0.25, 0.3) is 0 Å². The number of benzene rings is 1. The number of nitrogens with two attached hydrogens (primary N) is 1.